The van der Waals surface area contributed by atoms with Crippen molar-refractivity contribution in [2.24, 2.45) is 0 Å². The molecule has 1 atom stereocenters. The van der Waals surface area contributed by atoms with Gasteiger partial charge in [0.1, 0.15) is 0 Å². The van der Waals surface area contributed by atoms with Gasteiger partial charge in [-0.2, -0.15) is 0 Å². The number of Topliss-reactive ketones (excluding diaryl/α,β-unsaturated/α-hetero) is 1. The van der Waals surface area contributed by atoms with Crippen molar-refractivity contribution < 1.29 is 4.79 Å². The van der Waals surface area contributed by atoms with Crippen LogP contribution in [0.2, 0.25) is 0 Å². The Balaban J connectivity index is 2.02. The molecule has 0 aromatic heterocycles. The van der Waals surface area contributed by atoms with E-state index in [0.717, 1.165) is 30.4 Å². The predicted octanol–water partition coefficient (Wildman–Crippen LogP) is 6.83. The first-order valence-electron chi connectivity index (χ1n) is 9.03. The van der Waals surface area contributed by atoms with Crippen molar-refractivity contribution in [3.05, 3.63) is 59.7 Å². The predicted molar refractivity (Wildman–Crippen MR) is 107 cm³/mol. The van der Waals surface area contributed by atoms with E-state index in [2.05, 4.69) is 54.0 Å². The highest BCUT2D eigenvalue weighted by Crippen LogP contribution is 2.23. The highest BCUT2D eigenvalue weighted by Gasteiger charge is 2.16. The van der Waals surface area contributed by atoms with E-state index in [9.17, 15) is 4.79 Å². The number of aryl methyl sites for hydroxylation is 1. The van der Waals surface area contributed by atoms with Crippen molar-refractivity contribution in [3.8, 4) is 11.1 Å². The summed E-state index contributed by atoms with van der Waals surface area (Å²) < 4.78 is 0. The average Bonchev–Trinajstić information content (AvgIpc) is 2.62. The van der Waals surface area contributed by atoms with Gasteiger partial charge in [0.25, 0.3) is 0 Å². The van der Waals surface area contributed by atoms with Crippen molar-refractivity contribution in [2.75, 3.05) is 0 Å². The number of carbonyl (C=O) groups is 1. The highest BCUT2D eigenvalue weighted by molar-refractivity contribution is 9.10. The molecule has 0 bridgehead atoms. The molecule has 128 valence electrons. The molecule has 0 heterocycles. The monoisotopic (exact) mass is 386 g/mol. The molecule has 1 nitrogen and oxygen atoms in total. The Labute approximate surface area is 154 Å². The van der Waals surface area contributed by atoms with Gasteiger partial charge in [-0.1, -0.05) is 104 Å². The molecule has 0 saturated heterocycles. The van der Waals surface area contributed by atoms with Crippen LogP contribution in [0.25, 0.3) is 11.1 Å². The van der Waals surface area contributed by atoms with Crippen LogP contribution in [0.1, 0.15) is 61.9 Å². The molecule has 0 aliphatic carbocycles. The Bertz CT molecular complexity index is 628. The van der Waals surface area contributed by atoms with Gasteiger partial charge >= 0.3 is 0 Å². The summed E-state index contributed by atoms with van der Waals surface area (Å²) in [6, 6.07) is 16.7. The normalized spacial score (nSPS) is 12.1. The average molecular weight is 387 g/mol. The Morgan fingerprint density at radius 2 is 1.46 bits per heavy atom. The molecule has 2 aromatic carbocycles. The molecule has 0 saturated carbocycles. The molecule has 0 aliphatic rings. The molecule has 0 amide bonds. The summed E-state index contributed by atoms with van der Waals surface area (Å²) in [5.74, 6) is 0.191. The lowest BCUT2D eigenvalue weighted by Gasteiger charge is -2.10. The Morgan fingerprint density at radius 1 is 0.875 bits per heavy atom. The summed E-state index contributed by atoms with van der Waals surface area (Å²) in [4.78, 5) is 12.4. The van der Waals surface area contributed by atoms with Crippen LogP contribution in [-0.2, 0) is 6.42 Å². The van der Waals surface area contributed by atoms with E-state index in [1.54, 1.807) is 0 Å². The van der Waals surface area contributed by atoms with Gasteiger partial charge in [0.2, 0.25) is 0 Å². The van der Waals surface area contributed by atoms with E-state index >= 15 is 0 Å². The van der Waals surface area contributed by atoms with Crippen LogP contribution < -0.4 is 0 Å². The number of carbonyl (C=O) groups excluding carboxylic acids is 1. The second-order valence-corrected chi connectivity index (χ2v) is 7.46. The van der Waals surface area contributed by atoms with Gasteiger partial charge in [0.15, 0.2) is 5.78 Å². The summed E-state index contributed by atoms with van der Waals surface area (Å²) in [5, 5.41) is 0. The molecule has 1 unspecified atom stereocenters. The largest absolute Gasteiger partial charge is 0.293 e. The molecule has 2 heteroatoms. The van der Waals surface area contributed by atoms with Crippen LogP contribution in [0.3, 0.4) is 0 Å². The maximum atomic E-state index is 12.5. The Morgan fingerprint density at radius 3 is 2.00 bits per heavy atom. The van der Waals surface area contributed by atoms with E-state index in [1.807, 2.05) is 24.3 Å². The molecular weight excluding hydrogens is 360 g/mol. The van der Waals surface area contributed by atoms with Crippen LogP contribution in [-0.4, -0.2) is 10.6 Å². The number of halogens is 1. The van der Waals surface area contributed by atoms with Crippen LogP contribution in [0, 0.1) is 0 Å². The minimum atomic E-state index is -0.0665. The summed E-state index contributed by atoms with van der Waals surface area (Å²) in [5.41, 5.74) is 4.53. The summed E-state index contributed by atoms with van der Waals surface area (Å²) in [6.45, 7) is 4.38. The maximum absolute atomic E-state index is 12.5. The van der Waals surface area contributed by atoms with Crippen LogP contribution in [0.5, 0.6) is 0 Å². The first-order chi connectivity index (χ1) is 11.7. The first kappa shape index (κ1) is 18.9. The van der Waals surface area contributed by atoms with E-state index < -0.39 is 0 Å². The third kappa shape index (κ3) is 5.31. The van der Waals surface area contributed by atoms with Gasteiger partial charge in [-0.25, -0.2) is 0 Å². The van der Waals surface area contributed by atoms with Crippen LogP contribution >= 0.6 is 15.9 Å². The molecule has 0 N–H and O–H groups in total. The van der Waals surface area contributed by atoms with Crippen LogP contribution in [0.4, 0.5) is 0 Å². The fourth-order valence-corrected chi connectivity index (χ4v) is 3.45. The van der Waals surface area contributed by atoms with Crippen LogP contribution in [0.15, 0.2) is 48.5 Å². The highest BCUT2D eigenvalue weighted by atomic mass is 79.9. The number of benzene rings is 2. The smallest absolute Gasteiger partial charge is 0.176 e. The van der Waals surface area contributed by atoms with Crippen molar-refractivity contribution in [3.63, 3.8) is 0 Å². The zero-order chi connectivity index (χ0) is 17.4. The molecule has 0 spiro atoms. The second-order valence-electron chi connectivity index (χ2n) is 6.35. The molecule has 0 aliphatic heterocycles. The SMILES string of the molecule is CCCCCC(Br)C(=O)c1ccc(-c2ccc(CCC)cc2)cc1. The first-order valence-corrected chi connectivity index (χ1v) is 9.95. The minimum Gasteiger partial charge on any atom is -0.293 e. The van der Waals surface area contributed by atoms with E-state index in [4.69, 9.17) is 0 Å². The zero-order valence-electron chi connectivity index (χ0n) is 14.7. The number of ketones is 1. The standard InChI is InChI=1S/C22H27BrO/c1-3-5-6-8-21(23)22(24)20-15-13-19(14-16-20)18-11-9-17(7-4-2)10-12-18/h9-16,21H,3-8H2,1-2H3. The van der Waals surface area contributed by atoms with E-state index in [-0.39, 0.29) is 10.6 Å². The van der Waals surface area contributed by atoms with Gasteiger partial charge in [-0.05, 0) is 29.5 Å². The number of rotatable bonds is 9. The lowest BCUT2D eigenvalue weighted by Crippen LogP contribution is -2.14. The number of hydrogen-bond donors (Lipinski definition) is 0. The summed E-state index contributed by atoms with van der Waals surface area (Å²) in [6.07, 6.45) is 6.66. The third-order valence-corrected chi connectivity index (χ3v) is 5.21. The Hall–Kier alpha value is -1.41. The molecule has 0 radical (unpaired) electrons. The third-order valence-electron chi connectivity index (χ3n) is 4.34. The minimum absolute atomic E-state index is 0.0665. The molecule has 24 heavy (non-hydrogen) atoms. The molecule has 2 rings (SSSR count). The molecular formula is C22H27BrO. The van der Waals surface area contributed by atoms with Gasteiger partial charge in [0, 0.05) is 5.56 Å². The van der Waals surface area contributed by atoms with Gasteiger partial charge in [-0.3, -0.25) is 4.79 Å². The van der Waals surface area contributed by atoms with Crippen molar-refractivity contribution in [2.45, 2.75) is 57.2 Å². The van der Waals surface area contributed by atoms with Crippen molar-refractivity contribution in [1.29, 1.82) is 0 Å². The number of unbranched alkanes of at least 4 members (excludes halogenated alkanes) is 2. The molecule has 2 aromatic rings. The summed E-state index contributed by atoms with van der Waals surface area (Å²) >= 11 is 3.55. The summed E-state index contributed by atoms with van der Waals surface area (Å²) in [7, 11) is 0. The maximum Gasteiger partial charge on any atom is 0.176 e. The lowest BCUT2D eigenvalue weighted by atomic mass is 9.99. The van der Waals surface area contributed by atoms with Gasteiger partial charge in [-0.15, -0.1) is 0 Å². The van der Waals surface area contributed by atoms with Crippen molar-refractivity contribution in [1.82, 2.24) is 0 Å². The fraction of sp³-hybridized carbons (Fsp3) is 0.409. The fourth-order valence-electron chi connectivity index (χ4n) is 2.86. The number of alkyl halides is 1. The van der Waals surface area contributed by atoms with E-state index in [0.29, 0.717) is 0 Å². The Kier molecular flexibility index (Phi) is 7.71. The second kappa shape index (κ2) is 9.78. The quantitative estimate of drug-likeness (QED) is 0.262. The lowest BCUT2D eigenvalue weighted by molar-refractivity contribution is 0.0988. The zero-order valence-corrected chi connectivity index (χ0v) is 16.3. The number of hydrogen-bond acceptors (Lipinski definition) is 1. The topological polar surface area (TPSA) is 17.1 Å². The molecule has 0 fully saturated rings. The van der Waals surface area contributed by atoms with Gasteiger partial charge in [0.05, 0.1) is 4.83 Å². The van der Waals surface area contributed by atoms with E-state index in [1.165, 1.54) is 30.4 Å². The van der Waals surface area contributed by atoms with Gasteiger partial charge < -0.3 is 0 Å². The van der Waals surface area contributed by atoms with Crippen molar-refractivity contribution >= 4 is 21.7 Å².